The van der Waals surface area contributed by atoms with E-state index in [-0.39, 0.29) is 5.38 Å². The summed E-state index contributed by atoms with van der Waals surface area (Å²) in [7, 11) is 4.06. The van der Waals surface area contributed by atoms with Gasteiger partial charge in [0.25, 0.3) is 0 Å². The van der Waals surface area contributed by atoms with Gasteiger partial charge in [0.2, 0.25) is 0 Å². The fraction of sp³-hybridized carbons (Fsp3) is 1.00. The van der Waals surface area contributed by atoms with Crippen LogP contribution in [0.15, 0.2) is 0 Å². The van der Waals surface area contributed by atoms with E-state index in [4.69, 9.17) is 11.6 Å². The zero-order valence-electron chi connectivity index (χ0n) is 5.98. The number of alkyl halides is 1. The van der Waals surface area contributed by atoms with Gasteiger partial charge < -0.3 is 4.90 Å². The molecule has 2 heteroatoms. The number of rotatable bonds is 2. The second-order valence-electron chi connectivity index (χ2n) is 2.38. The monoisotopic (exact) mass is 135 g/mol. The molecular formula is C6H14ClN. The van der Waals surface area contributed by atoms with Crippen LogP contribution in [0, 0.1) is 0 Å². The zero-order valence-corrected chi connectivity index (χ0v) is 6.74. The molecule has 0 radical (unpaired) electrons. The first-order valence-corrected chi connectivity index (χ1v) is 3.30. The van der Waals surface area contributed by atoms with Crippen molar-refractivity contribution in [3.05, 3.63) is 0 Å². The average molecular weight is 136 g/mol. The molecule has 0 N–H and O–H groups in total. The fourth-order valence-electron chi connectivity index (χ4n) is 0.411. The molecule has 50 valence electrons. The smallest absolute Gasteiger partial charge is 0.0460 e. The highest BCUT2D eigenvalue weighted by atomic mass is 35.5. The van der Waals surface area contributed by atoms with Gasteiger partial charge in [-0.15, -0.1) is 11.6 Å². The molecule has 0 saturated carbocycles. The number of nitrogens with zero attached hydrogens (tertiary/aromatic N) is 1. The molecule has 0 aromatic carbocycles. The summed E-state index contributed by atoms with van der Waals surface area (Å²) in [4.78, 5) is 2.11. The predicted octanol–water partition coefficient (Wildman–Crippen LogP) is 1.56. The van der Waals surface area contributed by atoms with Crippen LogP contribution < -0.4 is 0 Å². The molecule has 0 aromatic rings. The van der Waals surface area contributed by atoms with Crippen molar-refractivity contribution < 1.29 is 0 Å². The van der Waals surface area contributed by atoms with Crippen molar-refractivity contribution >= 4 is 11.6 Å². The SMILES string of the molecule is C[C@H](Cl)[C@@H](C)N(C)C. The van der Waals surface area contributed by atoms with Gasteiger partial charge in [-0.05, 0) is 27.9 Å². The molecule has 0 fully saturated rings. The minimum atomic E-state index is 0.241. The number of hydrogen-bond donors (Lipinski definition) is 0. The lowest BCUT2D eigenvalue weighted by molar-refractivity contribution is 0.310. The van der Waals surface area contributed by atoms with Gasteiger partial charge in [-0.25, -0.2) is 0 Å². The van der Waals surface area contributed by atoms with Crippen LogP contribution in [0.25, 0.3) is 0 Å². The van der Waals surface area contributed by atoms with Crippen molar-refractivity contribution in [3.8, 4) is 0 Å². The van der Waals surface area contributed by atoms with Crippen LogP contribution in [0.2, 0.25) is 0 Å². The van der Waals surface area contributed by atoms with E-state index in [9.17, 15) is 0 Å². The van der Waals surface area contributed by atoms with Crippen LogP contribution >= 0.6 is 11.6 Å². The van der Waals surface area contributed by atoms with Gasteiger partial charge in [0.05, 0.1) is 0 Å². The van der Waals surface area contributed by atoms with Crippen LogP contribution in [0.1, 0.15) is 13.8 Å². The van der Waals surface area contributed by atoms with E-state index in [2.05, 4.69) is 11.8 Å². The molecule has 0 unspecified atom stereocenters. The Kier molecular flexibility index (Phi) is 3.41. The first kappa shape index (κ1) is 8.25. The second-order valence-corrected chi connectivity index (χ2v) is 3.07. The molecule has 0 aliphatic heterocycles. The lowest BCUT2D eigenvalue weighted by Gasteiger charge is -2.21. The van der Waals surface area contributed by atoms with Crippen molar-refractivity contribution in [3.63, 3.8) is 0 Å². The van der Waals surface area contributed by atoms with Crippen molar-refractivity contribution in [2.75, 3.05) is 14.1 Å². The first-order chi connectivity index (χ1) is 3.55. The van der Waals surface area contributed by atoms with E-state index in [1.807, 2.05) is 21.0 Å². The fourth-order valence-corrected chi connectivity index (χ4v) is 0.636. The van der Waals surface area contributed by atoms with E-state index in [0.717, 1.165) is 0 Å². The molecular weight excluding hydrogens is 122 g/mol. The Morgan fingerprint density at radius 3 is 1.62 bits per heavy atom. The molecule has 1 nitrogen and oxygen atoms in total. The summed E-state index contributed by atoms with van der Waals surface area (Å²) in [5.41, 5.74) is 0. The molecule has 0 heterocycles. The minimum Gasteiger partial charge on any atom is -0.305 e. The van der Waals surface area contributed by atoms with Gasteiger partial charge in [-0.3, -0.25) is 0 Å². The van der Waals surface area contributed by atoms with Crippen LogP contribution in [0.5, 0.6) is 0 Å². The summed E-state index contributed by atoms with van der Waals surface area (Å²) in [5.74, 6) is 0. The van der Waals surface area contributed by atoms with E-state index in [1.165, 1.54) is 0 Å². The molecule has 0 spiro atoms. The third-order valence-electron chi connectivity index (χ3n) is 1.48. The normalized spacial score (nSPS) is 18.8. The van der Waals surface area contributed by atoms with Crippen LogP contribution in [-0.2, 0) is 0 Å². The number of halogens is 1. The number of hydrogen-bond acceptors (Lipinski definition) is 1. The lowest BCUT2D eigenvalue weighted by atomic mass is 10.2. The topological polar surface area (TPSA) is 3.24 Å². The Balaban J connectivity index is 3.46. The van der Waals surface area contributed by atoms with Crippen LogP contribution in [0.4, 0.5) is 0 Å². The van der Waals surface area contributed by atoms with Crippen LogP contribution in [0.3, 0.4) is 0 Å². The van der Waals surface area contributed by atoms with E-state index in [0.29, 0.717) is 6.04 Å². The summed E-state index contributed by atoms with van der Waals surface area (Å²) < 4.78 is 0. The summed E-state index contributed by atoms with van der Waals surface area (Å²) >= 11 is 5.78. The summed E-state index contributed by atoms with van der Waals surface area (Å²) in [6.45, 7) is 4.11. The van der Waals surface area contributed by atoms with Gasteiger partial charge in [0, 0.05) is 11.4 Å². The van der Waals surface area contributed by atoms with Gasteiger partial charge in [-0.1, -0.05) is 0 Å². The van der Waals surface area contributed by atoms with Gasteiger partial charge in [0.1, 0.15) is 0 Å². The van der Waals surface area contributed by atoms with Crippen molar-refractivity contribution in [2.24, 2.45) is 0 Å². The maximum atomic E-state index is 5.78. The summed E-state index contributed by atoms with van der Waals surface area (Å²) in [6, 6.07) is 0.469. The average Bonchev–Trinajstić information content (AvgIpc) is 1.64. The van der Waals surface area contributed by atoms with E-state index >= 15 is 0 Å². The second kappa shape index (κ2) is 3.31. The molecule has 0 rings (SSSR count). The Bertz CT molecular complexity index is 53.5. The lowest BCUT2D eigenvalue weighted by Crippen LogP contribution is -2.31. The highest BCUT2D eigenvalue weighted by Crippen LogP contribution is 2.04. The Hall–Kier alpha value is 0.250. The Labute approximate surface area is 56.6 Å². The molecule has 0 saturated heterocycles. The summed E-state index contributed by atoms with van der Waals surface area (Å²) in [5, 5.41) is 0.241. The molecule has 0 aromatic heterocycles. The zero-order chi connectivity index (χ0) is 6.73. The van der Waals surface area contributed by atoms with Gasteiger partial charge in [0.15, 0.2) is 0 Å². The molecule has 0 aliphatic carbocycles. The molecule has 8 heavy (non-hydrogen) atoms. The van der Waals surface area contributed by atoms with Crippen LogP contribution in [-0.4, -0.2) is 30.4 Å². The first-order valence-electron chi connectivity index (χ1n) is 2.86. The summed E-state index contributed by atoms with van der Waals surface area (Å²) in [6.07, 6.45) is 0. The highest BCUT2D eigenvalue weighted by Gasteiger charge is 2.09. The largest absolute Gasteiger partial charge is 0.305 e. The van der Waals surface area contributed by atoms with E-state index in [1.54, 1.807) is 0 Å². The Morgan fingerprint density at radius 1 is 1.25 bits per heavy atom. The predicted molar refractivity (Wildman–Crippen MR) is 38.5 cm³/mol. The van der Waals surface area contributed by atoms with Crippen molar-refractivity contribution in [1.82, 2.24) is 4.90 Å². The third kappa shape index (κ3) is 2.53. The van der Waals surface area contributed by atoms with Crippen molar-refractivity contribution in [1.29, 1.82) is 0 Å². The molecule has 0 aliphatic rings. The standard InChI is InChI=1S/C6H14ClN/c1-5(7)6(2)8(3)4/h5-6H,1-4H3/t5-,6+/m0/s1. The van der Waals surface area contributed by atoms with E-state index < -0.39 is 0 Å². The minimum absolute atomic E-state index is 0.241. The highest BCUT2D eigenvalue weighted by molar-refractivity contribution is 6.20. The van der Waals surface area contributed by atoms with Crippen molar-refractivity contribution in [2.45, 2.75) is 25.3 Å². The maximum absolute atomic E-state index is 5.78. The quantitative estimate of drug-likeness (QED) is 0.520. The Morgan fingerprint density at radius 2 is 1.62 bits per heavy atom. The molecule has 2 atom stereocenters. The molecule has 0 amide bonds. The molecule has 0 bridgehead atoms. The van der Waals surface area contributed by atoms with Gasteiger partial charge >= 0.3 is 0 Å². The maximum Gasteiger partial charge on any atom is 0.0460 e. The van der Waals surface area contributed by atoms with Gasteiger partial charge in [-0.2, -0.15) is 0 Å². The third-order valence-corrected chi connectivity index (χ3v) is 1.84.